The predicted octanol–water partition coefficient (Wildman–Crippen LogP) is 2.43. The van der Waals surface area contributed by atoms with E-state index >= 15 is 0 Å². The van der Waals surface area contributed by atoms with Crippen molar-refractivity contribution in [1.29, 1.82) is 0 Å². The summed E-state index contributed by atoms with van der Waals surface area (Å²) < 4.78 is 0. The summed E-state index contributed by atoms with van der Waals surface area (Å²) in [5, 5.41) is 0. The molecule has 0 atom stereocenters. The Bertz CT molecular complexity index is 495. The minimum Gasteiger partial charge on any atom is -0.356 e. The Morgan fingerprint density at radius 1 is 0.889 bits per heavy atom. The normalized spacial score (nSPS) is 17.1. The summed E-state index contributed by atoms with van der Waals surface area (Å²) in [4.78, 5) is 8.32. The van der Waals surface area contributed by atoms with Crippen molar-refractivity contribution in [1.82, 2.24) is 9.88 Å². The fourth-order valence-corrected chi connectivity index (χ4v) is 2.40. The van der Waals surface area contributed by atoms with E-state index in [1.807, 2.05) is 6.07 Å². The molecule has 2 heterocycles. The highest BCUT2D eigenvalue weighted by Crippen LogP contribution is 2.23. The number of hydrogen-bond donors (Lipinski definition) is 1. The Labute approximate surface area is 108 Å². The van der Waals surface area contributed by atoms with Crippen LogP contribution < -0.4 is 4.90 Å². The third kappa shape index (κ3) is 2.27. The summed E-state index contributed by atoms with van der Waals surface area (Å²) in [6.07, 6.45) is 0. The molecule has 18 heavy (non-hydrogen) atoms. The van der Waals surface area contributed by atoms with Gasteiger partial charge in [-0.2, -0.15) is 0 Å². The monoisotopic (exact) mass is 241 g/mol. The molecule has 3 nitrogen and oxygen atoms in total. The largest absolute Gasteiger partial charge is 0.356 e. The smallest absolute Gasteiger partial charge is 0.106 e. The van der Waals surface area contributed by atoms with Gasteiger partial charge in [0.25, 0.3) is 0 Å². The van der Waals surface area contributed by atoms with Gasteiger partial charge in [0, 0.05) is 31.9 Å². The maximum atomic E-state index is 3.52. The number of H-pyrrole nitrogens is 1. The molecule has 0 aliphatic carbocycles. The number of benzene rings is 1. The third-order valence-corrected chi connectivity index (χ3v) is 3.60. The molecule has 3 heteroatoms. The summed E-state index contributed by atoms with van der Waals surface area (Å²) in [6, 6.07) is 14.8. The number of nitrogens with one attached hydrogen (secondary N) is 1. The number of aromatic nitrogens is 1. The maximum Gasteiger partial charge on any atom is 0.106 e. The van der Waals surface area contributed by atoms with E-state index in [1.165, 1.54) is 17.1 Å². The number of hydrogen-bond acceptors (Lipinski definition) is 2. The van der Waals surface area contributed by atoms with Gasteiger partial charge >= 0.3 is 0 Å². The molecule has 1 fully saturated rings. The zero-order valence-corrected chi connectivity index (χ0v) is 10.8. The number of rotatable bonds is 2. The predicted molar refractivity (Wildman–Crippen MR) is 75.9 cm³/mol. The molecule has 0 saturated carbocycles. The SMILES string of the molecule is CN1CCN(c2ccc(-c3ccccc3)[nH]2)CC1. The van der Waals surface area contributed by atoms with Gasteiger partial charge in [0.2, 0.25) is 0 Å². The van der Waals surface area contributed by atoms with Crippen molar-refractivity contribution in [2.24, 2.45) is 0 Å². The van der Waals surface area contributed by atoms with Gasteiger partial charge in [-0.1, -0.05) is 30.3 Å². The molecule has 0 radical (unpaired) electrons. The van der Waals surface area contributed by atoms with Crippen molar-refractivity contribution in [3.8, 4) is 11.3 Å². The molecule has 0 amide bonds. The first kappa shape index (κ1) is 11.4. The molecule has 1 aromatic carbocycles. The van der Waals surface area contributed by atoms with Gasteiger partial charge in [-0.3, -0.25) is 0 Å². The van der Waals surface area contributed by atoms with Crippen LogP contribution in [0.2, 0.25) is 0 Å². The average Bonchev–Trinajstić information content (AvgIpc) is 2.90. The van der Waals surface area contributed by atoms with Crippen LogP contribution in [0.3, 0.4) is 0 Å². The van der Waals surface area contributed by atoms with E-state index in [2.05, 4.69) is 58.2 Å². The molecule has 94 valence electrons. The van der Waals surface area contributed by atoms with E-state index in [1.54, 1.807) is 0 Å². The molecule has 2 aromatic rings. The van der Waals surface area contributed by atoms with Crippen molar-refractivity contribution in [2.75, 3.05) is 38.1 Å². The highest BCUT2D eigenvalue weighted by molar-refractivity contribution is 5.63. The molecular formula is C15H19N3. The minimum absolute atomic E-state index is 1.10. The zero-order valence-electron chi connectivity index (χ0n) is 10.8. The van der Waals surface area contributed by atoms with Gasteiger partial charge in [-0.25, -0.2) is 0 Å². The van der Waals surface area contributed by atoms with Gasteiger partial charge in [0.15, 0.2) is 0 Å². The molecule has 0 unspecified atom stereocenters. The first-order valence-electron chi connectivity index (χ1n) is 6.51. The Balaban J connectivity index is 1.78. The second kappa shape index (κ2) is 4.86. The fraction of sp³-hybridized carbons (Fsp3) is 0.333. The Morgan fingerprint density at radius 2 is 1.61 bits per heavy atom. The molecule has 1 aliphatic heterocycles. The molecule has 0 bridgehead atoms. The Hall–Kier alpha value is -1.74. The lowest BCUT2D eigenvalue weighted by atomic mass is 10.2. The number of piperazine rings is 1. The zero-order chi connectivity index (χ0) is 12.4. The van der Waals surface area contributed by atoms with Crippen molar-refractivity contribution < 1.29 is 0 Å². The molecule has 1 aromatic heterocycles. The number of anilines is 1. The molecule has 3 rings (SSSR count). The number of aromatic amines is 1. The summed E-state index contributed by atoms with van der Waals surface area (Å²) in [7, 11) is 2.18. The van der Waals surface area contributed by atoms with Gasteiger partial charge in [-0.05, 0) is 24.7 Å². The van der Waals surface area contributed by atoms with Crippen LogP contribution in [-0.2, 0) is 0 Å². The highest BCUT2D eigenvalue weighted by atomic mass is 15.3. The van der Waals surface area contributed by atoms with Crippen LogP contribution in [0, 0.1) is 0 Å². The molecule has 0 spiro atoms. The van der Waals surface area contributed by atoms with Gasteiger partial charge in [0.1, 0.15) is 5.82 Å². The van der Waals surface area contributed by atoms with E-state index in [0.29, 0.717) is 0 Å². The molecular weight excluding hydrogens is 222 g/mol. The lowest BCUT2D eigenvalue weighted by molar-refractivity contribution is 0.312. The van der Waals surface area contributed by atoms with E-state index < -0.39 is 0 Å². The van der Waals surface area contributed by atoms with E-state index in [0.717, 1.165) is 26.2 Å². The average molecular weight is 241 g/mol. The van der Waals surface area contributed by atoms with Crippen LogP contribution in [0.1, 0.15) is 0 Å². The van der Waals surface area contributed by atoms with Gasteiger partial charge < -0.3 is 14.8 Å². The molecule has 1 saturated heterocycles. The van der Waals surface area contributed by atoms with Crippen LogP contribution >= 0.6 is 0 Å². The quantitative estimate of drug-likeness (QED) is 0.872. The summed E-state index contributed by atoms with van der Waals surface area (Å²) in [6.45, 7) is 4.48. The van der Waals surface area contributed by atoms with Crippen LogP contribution in [-0.4, -0.2) is 43.1 Å². The van der Waals surface area contributed by atoms with E-state index in [9.17, 15) is 0 Å². The van der Waals surface area contributed by atoms with Gasteiger partial charge in [-0.15, -0.1) is 0 Å². The summed E-state index contributed by atoms with van der Waals surface area (Å²) in [5.74, 6) is 1.24. The first-order chi connectivity index (χ1) is 8.83. The Kier molecular flexibility index (Phi) is 3.07. The maximum absolute atomic E-state index is 3.52. The lowest BCUT2D eigenvalue weighted by Crippen LogP contribution is -2.44. The van der Waals surface area contributed by atoms with E-state index in [4.69, 9.17) is 0 Å². The second-order valence-corrected chi connectivity index (χ2v) is 4.91. The number of likely N-dealkylation sites (N-methyl/N-ethyl adjacent to an activating group) is 1. The summed E-state index contributed by atoms with van der Waals surface area (Å²) in [5.41, 5.74) is 2.45. The lowest BCUT2D eigenvalue weighted by Gasteiger charge is -2.33. The molecule has 1 aliphatic rings. The highest BCUT2D eigenvalue weighted by Gasteiger charge is 2.15. The van der Waals surface area contributed by atoms with Crippen LogP contribution in [0.5, 0.6) is 0 Å². The third-order valence-electron chi connectivity index (χ3n) is 3.60. The van der Waals surface area contributed by atoms with E-state index in [-0.39, 0.29) is 0 Å². The first-order valence-corrected chi connectivity index (χ1v) is 6.51. The Morgan fingerprint density at radius 3 is 2.33 bits per heavy atom. The topological polar surface area (TPSA) is 22.3 Å². The second-order valence-electron chi connectivity index (χ2n) is 4.91. The van der Waals surface area contributed by atoms with Crippen molar-refractivity contribution in [3.05, 3.63) is 42.5 Å². The van der Waals surface area contributed by atoms with Crippen molar-refractivity contribution >= 4 is 5.82 Å². The van der Waals surface area contributed by atoms with Crippen LogP contribution in [0.25, 0.3) is 11.3 Å². The summed E-state index contributed by atoms with van der Waals surface area (Å²) >= 11 is 0. The standard InChI is InChI=1S/C15H19N3/c1-17-9-11-18(12-10-17)15-8-7-14(16-15)13-5-3-2-4-6-13/h2-8,16H,9-12H2,1H3. The fourth-order valence-electron chi connectivity index (χ4n) is 2.40. The van der Waals surface area contributed by atoms with Crippen LogP contribution in [0.4, 0.5) is 5.82 Å². The van der Waals surface area contributed by atoms with Crippen molar-refractivity contribution in [3.63, 3.8) is 0 Å². The van der Waals surface area contributed by atoms with Crippen LogP contribution in [0.15, 0.2) is 42.5 Å². The van der Waals surface area contributed by atoms with Gasteiger partial charge in [0.05, 0.1) is 0 Å². The number of nitrogens with zero attached hydrogens (tertiary/aromatic N) is 2. The molecule has 1 N–H and O–H groups in total. The minimum atomic E-state index is 1.10. The van der Waals surface area contributed by atoms with Crippen molar-refractivity contribution in [2.45, 2.75) is 0 Å².